The number of carbonyl (C=O) groups excluding carboxylic acids is 1. The van der Waals surface area contributed by atoms with Gasteiger partial charge >= 0.3 is 5.97 Å². The first kappa shape index (κ1) is 15.1. The largest absolute Gasteiger partial charge is 0.496 e. The molecule has 0 aliphatic rings. The summed E-state index contributed by atoms with van der Waals surface area (Å²) in [6, 6.07) is 3.00. The zero-order valence-corrected chi connectivity index (χ0v) is 11.2. The van der Waals surface area contributed by atoms with Crippen LogP contribution in [0.3, 0.4) is 0 Å². The molecule has 0 saturated carbocycles. The molecule has 0 aromatic heterocycles. The molecule has 0 aliphatic carbocycles. The fourth-order valence-electron chi connectivity index (χ4n) is 1.39. The summed E-state index contributed by atoms with van der Waals surface area (Å²) < 4.78 is 15.3. The van der Waals surface area contributed by atoms with E-state index in [1.807, 2.05) is 0 Å². The molecule has 105 valence electrons. The maximum atomic E-state index is 11.8. The summed E-state index contributed by atoms with van der Waals surface area (Å²) in [4.78, 5) is 21.1. The lowest BCUT2D eigenvalue weighted by molar-refractivity contribution is -0.239. The van der Waals surface area contributed by atoms with E-state index >= 15 is 0 Å². The highest BCUT2D eigenvalue weighted by Gasteiger charge is 2.19. The van der Waals surface area contributed by atoms with E-state index < -0.39 is 5.97 Å². The zero-order chi connectivity index (χ0) is 14.3. The van der Waals surface area contributed by atoms with Gasteiger partial charge in [-0.2, -0.15) is 4.89 Å². The van der Waals surface area contributed by atoms with Gasteiger partial charge in [0, 0.05) is 12.1 Å². The first-order valence-corrected chi connectivity index (χ1v) is 5.61. The van der Waals surface area contributed by atoms with Crippen LogP contribution in [0.1, 0.15) is 16.8 Å². The van der Waals surface area contributed by atoms with Crippen LogP contribution in [0.4, 0.5) is 0 Å². The zero-order valence-electron chi connectivity index (χ0n) is 11.2. The fraction of sp³-hybridized carbons (Fsp3) is 0.385. The van der Waals surface area contributed by atoms with Crippen molar-refractivity contribution in [3.8, 4) is 17.2 Å². The Kier molecular flexibility index (Phi) is 5.95. The Hall–Kier alpha value is -1.95. The molecule has 0 unspecified atom stereocenters. The van der Waals surface area contributed by atoms with Gasteiger partial charge in [-0.25, -0.2) is 4.79 Å². The third kappa shape index (κ3) is 3.75. The van der Waals surface area contributed by atoms with Gasteiger partial charge in [-0.15, -0.1) is 0 Å². The van der Waals surface area contributed by atoms with E-state index in [2.05, 4.69) is 16.7 Å². The molecule has 0 spiro atoms. The molecule has 0 N–H and O–H groups in total. The van der Waals surface area contributed by atoms with Crippen molar-refractivity contribution in [3.63, 3.8) is 0 Å². The third-order valence-corrected chi connectivity index (χ3v) is 2.29. The molecule has 0 heterocycles. The van der Waals surface area contributed by atoms with Crippen LogP contribution < -0.4 is 14.2 Å². The van der Waals surface area contributed by atoms with E-state index in [1.54, 1.807) is 0 Å². The van der Waals surface area contributed by atoms with E-state index in [-0.39, 0.29) is 12.2 Å². The summed E-state index contributed by atoms with van der Waals surface area (Å²) in [6.07, 6.45) is 0.496. The van der Waals surface area contributed by atoms with Crippen LogP contribution in [0.15, 0.2) is 12.1 Å². The number of carbonyl (C=O) groups is 1. The first-order chi connectivity index (χ1) is 9.17. The maximum absolute atomic E-state index is 11.8. The highest BCUT2D eigenvalue weighted by molar-refractivity contribution is 5.93. The van der Waals surface area contributed by atoms with Crippen LogP contribution >= 0.6 is 0 Å². The van der Waals surface area contributed by atoms with E-state index in [4.69, 9.17) is 14.2 Å². The topological polar surface area (TPSA) is 63.2 Å². The Balaban J connectivity index is 3.00. The van der Waals surface area contributed by atoms with E-state index in [0.29, 0.717) is 23.7 Å². The Labute approximate surface area is 112 Å². The average molecular weight is 269 g/mol. The van der Waals surface area contributed by atoms with Crippen LogP contribution in [0.5, 0.6) is 17.2 Å². The number of hydrogen-bond donors (Lipinski definition) is 0. The number of benzene rings is 1. The summed E-state index contributed by atoms with van der Waals surface area (Å²) in [5.41, 5.74) is 0.184. The van der Waals surface area contributed by atoms with Crippen molar-refractivity contribution in [3.05, 3.63) is 24.6 Å². The molecule has 1 radical (unpaired) electrons. The molecule has 0 fully saturated rings. The molecule has 1 rings (SSSR count). The lowest BCUT2D eigenvalue weighted by Gasteiger charge is -2.12. The van der Waals surface area contributed by atoms with Gasteiger partial charge in [0.1, 0.15) is 11.3 Å². The highest BCUT2D eigenvalue weighted by atomic mass is 17.2. The van der Waals surface area contributed by atoms with E-state index in [0.717, 1.165) is 0 Å². The van der Waals surface area contributed by atoms with Crippen LogP contribution in [-0.2, 0) is 9.78 Å². The van der Waals surface area contributed by atoms with Crippen molar-refractivity contribution in [1.82, 2.24) is 0 Å². The second-order valence-electron chi connectivity index (χ2n) is 3.45. The lowest BCUT2D eigenvalue weighted by Crippen LogP contribution is -2.09. The fourth-order valence-corrected chi connectivity index (χ4v) is 1.39. The summed E-state index contributed by atoms with van der Waals surface area (Å²) >= 11 is 0. The van der Waals surface area contributed by atoms with Crippen LogP contribution in [-0.4, -0.2) is 33.9 Å². The summed E-state index contributed by atoms with van der Waals surface area (Å²) in [5, 5.41) is 0. The monoisotopic (exact) mass is 269 g/mol. The van der Waals surface area contributed by atoms with Gasteiger partial charge in [0.15, 0.2) is 11.5 Å². The van der Waals surface area contributed by atoms with Gasteiger partial charge < -0.3 is 14.2 Å². The number of methoxy groups -OCH3 is 3. The minimum atomic E-state index is -0.675. The third-order valence-electron chi connectivity index (χ3n) is 2.29. The predicted octanol–water partition coefficient (Wildman–Crippen LogP) is 2.02. The molecule has 6 heteroatoms. The molecule has 0 atom stereocenters. The Bertz CT molecular complexity index is 429. The predicted molar refractivity (Wildman–Crippen MR) is 67.4 cm³/mol. The minimum Gasteiger partial charge on any atom is -0.496 e. The first-order valence-electron chi connectivity index (χ1n) is 5.61. The second kappa shape index (κ2) is 7.48. The van der Waals surface area contributed by atoms with Crippen molar-refractivity contribution < 1.29 is 28.8 Å². The molecule has 1 aromatic rings. The van der Waals surface area contributed by atoms with Gasteiger partial charge in [0.2, 0.25) is 0 Å². The smallest absolute Gasteiger partial charge is 0.376 e. The van der Waals surface area contributed by atoms with Crippen molar-refractivity contribution in [2.24, 2.45) is 0 Å². The van der Waals surface area contributed by atoms with Crippen molar-refractivity contribution in [2.45, 2.75) is 6.42 Å². The van der Waals surface area contributed by atoms with E-state index in [1.165, 1.54) is 33.5 Å². The quantitative estimate of drug-likeness (QED) is 0.429. The van der Waals surface area contributed by atoms with Gasteiger partial charge in [0.25, 0.3) is 0 Å². The lowest BCUT2D eigenvalue weighted by atomic mass is 10.1. The Morgan fingerprint density at radius 1 is 1.05 bits per heavy atom. The van der Waals surface area contributed by atoms with Crippen molar-refractivity contribution >= 4 is 5.97 Å². The normalized spacial score (nSPS) is 9.89. The van der Waals surface area contributed by atoms with Gasteiger partial charge in [-0.3, -0.25) is 4.89 Å². The number of hydrogen-bond acceptors (Lipinski definition) is 6. The van der Waals surface area contributed by atoms with Crippen LogP contribution in [0.2, 0.25) is 0 Å². The Morgan fingerprint density at radius 3 is 2.16 bits per heavy atom. The second-order valence-corrected chi connectivity index (χ2v) is 3.45. The van der Waals surface area contributed by atoms with E-state index in [9.17, 15) is 4.79 Å². The minimum absolute atomic E-state index is 0.184. The van der Waals surface area contributed by atoms with Gasteiger partial charge in [0.05, 0.1) is 27.9 Å². The van der Waals surface area contributed by atoms with Crippen molar-refractivity contribution in [1.29, 1.82) is 0 Å². The van der Waals surface area contributed by atoms with Crippen molar-refractivity contribution in [2.75, 3.05) is 27.9 Å². The molecule has 0 amide bonds. The molecule has 6 nitrogen and oxygen atoms in total. The summed E-state index contributed by atoms with van der Waals surface area (Å²) in [5.74, 6) is 0.481. The molecular weight excluding hydrogens is 252 g/mol. The molecular formula is C13H17O6. The maximum Gasteiger partial charge on any atom is 0.376 e. The molecule has 0 bridgehead atoms. The SMILES string of the molecule is [CH2]CCOOC(=O)c1cc(OC)c(OC)cc1OC. The number of rotatable bonds is 7. The summed E-state index contributed by atoms with van der Waals surface area (Å²) in [7, 11) is 4.40. The average Bonchev–Trinajstić information content (AvgIpc) is 2.45. The van der Waals surface area contributed by atoms with Crippen LogP contribution in [0, 0.1) is 6.92 Å². The molecule has 1 aromatic carbocycles. The Morgan fingerprint density at radius 2 is 1.63 bits per heavy atom. The van der Waals surface area contributed by atoms with Gasteiger partial charge in [-0.1, -0.05) is 6.92 Å². The number of ether oxygens (including phenoxy) is 3. The molecule has 0 aliphatic heterocycles. The molecule has 19 heavy (non-hydrogen) atoms. The summed E-state index contributed by atoms with van der Waals surface area (Å²) in [6.45, 7) is 3.79. The van der Waals surface area contributed by atoms with Crippen LogP contribution in [0.25, 0.3) is 0 Å². The standard InChI is InChI=1S/C13H17O6/c1-5-6-18-19-13(14)9-7-11(16-3)12(17-4)8-10(9)15-2/h7-8H,1,5-6H2,2-4H3. The van der Waals surface area contributed by atoms with Gasteiger partial charge in [-0.05, 0) is 6.42 Å². The highest BCUT2D eigenvalue weighted by Crippen LogP contribution is 2.34. The molecule has 0 saturated heterocycles.